The van der Waals surface area contributed by atoms with Crippen molar-refractivity contribution in [3.63, 3.8) is 0 Å². The number of hydrogen-bond acceptors (Lipinski definition) is 7. The zero-order valence-electron chi connectivity index (χ0n) is 15.3. The number of thioether (sulfide) groups is 1. The lowest BCUT2D eigenvalue weighted by atomic mass is 10.2. The summed E-state index contributed by atoms with van der Waals surface area (Å²) in [6.45, 7) is 2.51. The summed E-state index contributed by atoms with van der Waals surface area (Å²) in [5.41, 5.74) is 2.64. The number of nitrogen functional groups attached to an aromatic ring is 1. The van der Waals surface area contributed by atoms with Gasteiger partial charge in [-0.3, -0.25) is 0 Å². The van der Waals surface area contributed by atoms with Gasteiger partial charge in [-0.15, -0.1) is 0 Å². The van der Waals surface area contributed by atoms with Crippen molar-refractivity contribution in [2.75, 3.05) is 12.4 Å². The van der Waals surface area contributed by atoms with Gasteiger partial charge in [0.05, 0.1) is 29.8 Å². The Morgan fingerprint density at radius 2 is 1.86 bits per heavy atom. The third kappa shape index (κ3) is 3.86. The molecule has 0 atom stereocenters. The van der Waals surface area contributed by atoms with E-state index in [4.69, 9.17) is 15.1 Å². The normalized spacial score (nSPS) is 10.9. The Kier molecular flexibility index (Phi) is 5.29. The molecule has 0 amide bonds. The van der Waals surface area contributed by atoms with Crippen molar-refractivity contribution in [1.82, 2.24) is 19.8 Å². The number of nitrogens with zero attached hydrogens (tertiary/aromatic N) is 4. The molecule has 0 spiro atoms. The second-order valence-corrected chi connectivity index (χ2v) is 6.85. The van der Waals surface area contributed by atoms with Gasteiger partial charge >= 0.3 is 0 Å². The number of rotatable bonds is 7. The molecule has 0 saturated heterocycles. The van der Waals surface area contributed by atoms with Crippen molar-refractivity contribution >= 4 is 11.8 Å². The van der Waals surface area contributed by atoms with Crippen LogP contribution < -0.4 is 10.6 Å². The van der Waals surface area contributed by atoms with Crippen molar-refractivity contribution in [3.8, 4) is 28.4 Å². The third-order valence-electron chi connectivity index (χ3n) is 3.99. The molecule has 7 nitrogen and oxygen atoms in total. The van der Waals surface area contributed by atoms with Crippen LogP contribution in [-0.2, 0) is 5.75 Å². The molecule has 0 aliphatic rings. The monoisotopic (exact) mass is 393 g/mol. The van der Waals surface area contributed by atoms with Gasteiger partial charge in [-0.05, 0) is 19.1 Å². The van der Waals surface area contributed by atoms with Crippen molar-refractivity contribution in [1.29, 1.82) is 0 Å². The number of benzene rings is 2. The van der Waals surface area contributed by atoms with Crippen LogP contribution in [0.3, 0.4) is 0 Å². The second kappa shape index (κ2) is 8.18. The van der Waals surface area contributed by atoms with E-state index < -0.39 is 0 Å². The lowest BCUT2D eigenvalue weighted by Gasteiger charge is -2.05. The van der Waals surface area contributed by atoms with Gasteiger partial charge in [0.1, 0.15) is 5.75 Å². The Morgan fingerprint density at radius 1 is 1.07 bits per heavy atom. The van der Waals surface area contributed by atoms with E-state index in [2.05, 4.69) is 15.1 Å². The molecule has 142 valence electrons. The summed E-state index contributed by atoms with van der Waals surface area (Å²) in [7, 11) is 0. The lowest BCUT2D eigenvalue weighted by molar-refractivity contribution is 0.341. The topological polar surface area (TPSA) is 92.0 Å². The van der Waals surface area contributed by atoms with Crippen molar-refractivity contribution in [2.24, 2.45) is 0 Å². The van der Waals surface area contributed by atoms with Gasteiger partial charge in [-0.1, -0.05) is 59.4 Å². The highest BCUT2D eigenvalue weighted by Gasteiger charge is 2.15. The zero-order chi connectivity index (χ0) is 19.3. The first-order valence-electron chi connectivity index (χ1n) is 8.82. The summed E-state index contributed by atoms with van der Waals surface area (Å²) < 4.78 is 12.5. The largest absolute Gasteiger partial charge is 0.493 e. The van der Waals surface area contributed by atoms with Crippen LogP contribution in [-0.4, -0.2) is 26.4 Å². The van der Waals surface area contributed by atoms with Gasteiger partial charge in [-0.2, -0.15) is 4.98 Å². The number of ether oxygens (including phenoxy) is 1. The van der Waals surface area contributed by atoms with Crippen LogP contribution in [0.4, 0.5) is 0 Å². The standard InChI is InChI=1S/C20H19N5O2S/c1-2-26-17-11-7-6-10-15(17)19-23-18(27-24-19)13-28-20-22-16(12-25(20)21)14-8-4-3-5-9-14/h3-12H,2,13,21H2,1H3. The molecule has 4 rings (SSSR count). The number of nitrogens with two attached hydrogens (primary N) is 1. The van der Waals surface area contributed by atoms with E-state index in [1.54, 1.807) is 6.20 Å². The fourth-order valence-corrected chi connectivity index (χ4v) is 3.45. The first-order chi connectivity index (χ1) is 13.7. The Hall–Kier alpha value is -3.26. The summed E-state index contributed by atoms with van der Waals surface area (Å²) in [6.07, 6.45) is 1.80. The minimum atomic E-state index is 0.465. The average molecular weight is 393 g/mol. The summed E-state index contributed by atoms with van der Waals surface area (Å²) in [5.74, 6) is 8.24. The van der Waals surface area contributed by atoms with Crippen LogP contribution in [0.25, 0.3) is 22.6 Å². The third-order valence-corrected chi connectivity index (χ3v) is 4.94. The van der Waals surface area contributed by atoms with Crippen molar-refractivity contribution in [2.45, 2.75) is 17.8 Å². The smallest absolute Gasteiger partial charge is 0.237 e. The first-order valence-corrected chi connectivity index (χ1v) is 9.80. The second-order valence-electron chi connectivity index (χ2n) is 5.91. The molecule has 0 saturated carbocycles. The first kappa shape index (κ1) is 18.1. The molecule has 4 aromatic rings. The van der Waals surface area contributed by atoms with Gasteiger partial charge in [0.25, 0.3) is 0 Å². The molecule has 2 aromatic carbocycles. The molecule has 2 heterocycles. The number of para-hydroxylation sites is 1. The maximum absolute atomic E-state index is 6.04. The molecule has 0 aliphatic carbocycles. The van der Waals surface area contributed by atoms with E-state index in [9.17, 15) is 0 Å². The molecule has 0 fully saturated rings. The van der Waals surface area contributed by atoms with Crippen LogP contribution in [0.15, 0.2) is 70.5 Å². The van der Waals surface area contributed by atoms with Gasteiger partial charge in [0.2, 0.25) is 11.7 Å². The van der Waals surface area contributed by atoms with E-state index >= 15 is 0 Å². The van der Waals surface area contributed by atoms with Gasteiger partial charge in [-0.25, -0.2) is 9.66 Å². The SMILES string of the molecule is CCOc1ccccc1-c1noc(CSc2nc(-c3ccccc3)cn2N)n1. The molecular weight excluding hydrogens is 374 g/mol. The summed E-state index contributed by atoms with van der Waals surface area (Å²) in [6, 6.07) is 17.5. The highest BCUT2D eigenvalue weighted by atomic mass is 32.2. The van der Waals surface area contributed by atoms with E-state index in [0.29, 0.717) is 29.2 Å². The molecule has 28 heavy (non-hydrogen) atoms. The number of hydrogen-bond donors (Lipinski definition) is 1. The fourth-order valence-electron chi connectivity index (χ4n) is 2.71. The molecular formula is C20H19N5O2S. The zero-order valence-corrected chi connectivity index (χ0v) is 16.1. The van der Waals surface area contributed by atoms with Crippen LogP contribution in [0, 0.1) is 0 Å². The van der Waals surface area contributed by atoms with Crippen LogP contribution >= 0.6 is 11.8 Å². The molecule has 0 aliphatic heterocycles. The van der Waals surface area contributed by atoms with Crippen LogP contribution in [0.5, 0.6) is 5.75 Å². The van der Waals surface area contributed by atoms with Crippen LogP contribution in [0.1, 0.15) is 12.8 Å². The molecule has 0 bridgehead atoms. The van der Waals surface area contributed by atoms with E-state index in [1.807, 2.05) is 61.5 Å². The predicted molar refractivity (Wildman–Crippen MR) is 108 cm³/mol. The Bertz CT molecular complexity index is 1060. The molecule has 2 N–H and O–H groups in total. The Labute approximate surface area is 166 Å². The van der Waals surface area contributed by atoms with Gasteiger partial charge < -0.3 is 15.1 Å². The minimum absolute atomic E-state index is 0.465. The van der Waals surface area contributed by atoms with Gasteiger partial charge in [0.15, 0.2) is 5.16 Å². The maximum atomic E-state index is 6.04. The summed E-state index contributed by atoms with van der Waals surface area (Å²) in [4.78, 5) is 9.07. The van der Waals surface area contributed by atoms with Crippen molar-refractivity contribution < 1.29 is 9.26 Å². The number of imidazole rings is 1. The maximum Gasteiger partial charge on any atom is 0.237 e. The minimum Gasteiger partial charge on any atom is -0.493 e. The fraction of sp³-hybridized carbons (Fsp3) is 0.150. The predicted octanol–water partition coefficient (Wildman–Crippen LogP) is 4.00. The number of aromatic nitrogens is 4. The molecule has 8 heteroatoms. The average Bonchev–Trinajstić information content (AvgIpc) is 3.34. The van der Waals surface area contributed by atoms with Gasteiger partial charge in [0, 0.05) is 5.56 Å². The molecule has 2 aromatic heterocycles. The summed E-state index contributed by atoms with van der Waals surface area (Å²) in [5, 5.41) is 4.75. The van der Waals surface area contributed by atoms with Crippen molar-refractivity contribution in [3.05, 3.63) is 66.7 Å². The van der Waals surface area contributed by atoms with E-state index in [0.717, 1.165) is 22.6 Å². The van der Waals surface area contributed by atoms with Crippen LogP contribution in [0.2, 0.25) is 0 Å². The van der Waals surface area contributed by atoms with E-state index in [-0.39, 0.29) is 0 Å². The Balaban J connectivity index is 1.48. The summed E-state index contributed by atoms with van der Waals surface area (Å²) >= 11 is 1.44. The highest BCUT2D eigenvalue weighted by Crippen LogP contribution is 2.29. The molecule has 0 radical (unpaired) electrons. The van der Waals surface area contributed by atoms with E-state index in [1.165, 1.54) is 16.4 Å². The molecule has 0 unspecified atom stereocenters. The Morgan fingerprint density at radius 3 is 2.68 bits per heavy atom. The quantitative estimate of drug-likeness (QED) is 0.375. The highest BCUT2D eigenvalue weighted by molar-refractivity contribution is 7.98. The lowest BCUT2D eigenvalue weighted by Crippen LogP contribution is -2.07.